The highest BCUT2D eigenvalue weighted by Gasteiger charge is 2.34. The van der Waals surface area contributed by atoms with E-state index in [1.807, 2.05) is 0 Å². The molecule has 1 fully saturated rings. The van der Waals surface area contributed by atoms with E-state index in [9.17, 15) is 0 Å². The van der Waals surface area contributed by atoms with Crippen molar-refractivity contribution in [1.82, 2.24) is 0 Å². The summed E-state index contributed by atoms with van der Waals surface area (Å²) in [6, 6.07) is 11.5. The van der Waals surface area contributed by atoms with Crippen LogP contribution in [0, 0.1) is 0 Å². The first-order chi connectivity index (χ1) is 9.76. The molecule has 110 valence electrons. The second kappa shape index (κ2) is 7.64. The highest BCUT2D eigenvalue weighted by molar-refractivity contribution is 5.16. The minimum atomic E-state index is 0.386. The van der Waals surface area contributed by atoms with E-state index in [0.29, 0.717) is 11.6 Å². The van der Waals surface area contributed by atoms with Crippen molar-refractivity contribution in [2.45, 2.75) is 69.9 Å². The van der Waals surface area contributed by atoms with Gasteiger partial charge >= 0.3 is 0 Å². The van der Waals surface area contributed by atoms with E-state index in [1.54, 1.807) is 0 Å². The molecule has 1 nitrogen and oxygen atoms in total. The molecule has 0 aromatic heterocycles. The van der Waals surface area contributed by atoms with Gasteiger partial charge in [0, 0.05) is 24.8 Å². The monoisotopic (exact) mass is 272 g/mol. The first-order valence-electron chi connectivity index (χ1n) is 8.28. The third-order valence-corrected chi connectivity index (χ3v) is 4.83. The van der Waals surface area contributed by atoms with E-state index in [4.69, 9.17) is 0 Å². The van der Waals surface area contributed by atoms with Gasteiger partial charge in [0.05, 0.1) is 0 Å². The summed E-state index contributed by atoms with van der Waals surface area (Å²) in [5.41, 5.74) is 1.83. The molecule has 1 atom stereocenters. The van der Waals surface area contributed by atoms with Crippen molar-refractivity contribution in [3.05, 3.63) is 48.6 Å². The van der Waals surface area contributed by atoms with Crippen molar-refractivity contribution in [3.8, 4) is 0 Å². The largest absolute Gasteiger partial charge is 0.335 e. The third kappa shape index (κ3) is 4.21. The van der Waals surface area contributed by atoms with Gasteiger partial charge in [-0.05, 0) is 19.8 Å². The Bertz CT molecular complexity index is 387. The smallest absolute Gasteiger partial charge is 0.109 e. The maximum absolute atomic E-state index is 4.01. The molecule has 1 aliphatic carbocycles. The van der Waals surface area contributed by atoms with Gasteiger partial charge in [-0.25, -0.2) is 0 Å². The summed E-state index contributed by atoms with van der Waals surface area (Å²) in [6.45, 7) is 6.36. The highest BCUT2D eigenvalue weighted by Crippen LogP contribution is 2.27. The number of hydrogen-bond acceptors (Lipinski definition) is 0. The number of hydrogen-bond donors (Lipinski definition) is 1. The van der Waals surface area contributed by atoms with Gasteiger partial charge in [-0.1, -0.05) is 55.7 Å². The molecule has 20 heavy (non-hydrogen) atoms. The van der Waals surface area contributed by atoms with Crippen molar-refractivity contribution in [3.63, 3.8) is 0 Å². The molecule has 0 amide bonds. The Morgan fingerprint density at radius 1 is 1.10 bits per heavy atom. The lowest BCUT2D eigenvalue weighted by atomic mass is 9.80. The van der Waals surface area contributed by atoms with Crippen LogP contribution in [0.3, 0.4) is 0 Å². The van der Waals surface area contributed by atoms with Crippen LogP contribution in [0.2, 0.25) is 0 Å². The predicted octanol–water partition coefficient (Wildman–Crippen LogP) is 4.37. The van der Waals surface area contributed by atoms with E-state index in [-0.39, 0.29) is 0 Å². The maximum atomic E-state index is 4.01. The molecule has 0 saturated heterocycles. The molecule has 0 unspecified atom stereocenters. The minimum absolute atomic E-state index is 0.386. The van der Waals surface area contributed by atoms with Crippen molar-refractivity contribution in [2.75, 3.05) is 0 Å². The van der Waals surface area contributed by atoms with E-state index in [0.717, 1.165) is 6.42 Å². The van der Waals surface area contributed by atoms with Crippen LogP contribution < -0.4 is 5.32 Å². The Hall–Kier alpha value is -1.08. The average Bonchev–Trinajstić information content (AvgIpc) is 2.44. The Morgan fingerprint density at radius 3 is 2.30 bits per heavy atom. The van der Waals surface area contributed by atoms with Gasteiger partial charge in [-0.15, -0.1) is 6.58 Å². The number of nitrogens with two attached hydrogens (primary N) is 1. The summed E-state index contributed by atoms with van der Waals surface area (Å²) < 4.78 is 0. The van der Waals surface area contributed by atoms with Crippen molar-refractivity contribution in [1.29, 1.82) is 0 Å². The van der Waals surface area contributed by atoms with Crippen molar-refractivity contribution < 1.29 is 5.32 Å². The minimum Gasteiger partial charge on any atom is -0.335 e. The predicted molar refractivity (Wildman–Crippen MR) is 86.6 cm³/mol. The Morgan fingerprint density at radius 2 is 1.70 bits per heavy atom. The van der Waals surface area contributed by atoms with E-state index < -0.39 is 0 Å². The Kier molecular flexibility index (Phi) is 5.85. The summed E-state index contributed by atoms with van der Waals surface area (Å²) >= 11 is 0. The molecule has 0 heterocycles. The Balaban J connectivity index is 2.08. The zero-order valence-electron chi connectivity index (χ0n) is 13.0. The van der Waals surface area contributed by atoms with Crippen LogP contribution in [0.1, 0.15) is 69.9 Å². The number of quaternary nitrogens is 1. The lowest BCUT2D eigenvalue weighted by molar-refractivity contribution is -0.762. The quantitative estimate of drug-likeness (QED) is 0.767. The Labute approximate surface area is 124 Å². The average molecular weight is 272 g/mol. The summed E-state index contributed by atoms with van der Waals surface area (Å²) in [6.07, 6.45) is 13.0. The second-order valence-corrected chi connectivity index (χ2v) is 6.49. The van der Waals surface area contributed by atoms with Gasteiger partial charge in [-0.2, -0.15) is 0 Å². The van der Waals surface area contributed by atoms with E-state index in [1.165, 1.54) is 50.5 Å². The lowest BCUT2D eigenvalue weighted by Gasteiger charge is -2.35. The molecule has 0 radical (unpaired) electrons. The summed E-state index contributed by atoms with van der Waals surface area (Å²) in [5, 5.41) is 2.63. The van der Waals surface area contributed by atoms with Crippen LogP contribution in [-0.4, -0.2) is 5.54 Å². The molecule has 1 aliphatic rings. The van der Waals surface area contributed by atoms with Crippen LogP contribution in [-0.2, 0) is 0 Å². The molecule has 2 rings (SSSR count). The van der Waals surface area contributed by atoms with Crippen molar-refractivity contribution >= 4 is 0 Å². The molecule has 1 aromatic carbocycles. The maximum Gasteiger partial charge on any atom is 0.109 e. The van der Waals surface area contributed by atoms with E-state index in [2.05, 4.69) is 55.2 Å². The molecule has 2 N–H and O–H groups in total. The summed E-state index contributed by atoms with van der Waals surface area (Å²) in [5.74, 6) is 0. The molecule has 0 aliphatic heterocycles. The summed E-state index contributed by atoms with van der Waals surface area (Å²) in [7, 11) is 0. The lowest BCUT2D eigenvalue weighted by Crippen LogP contribution is -2.97. The molecule has 0 bridgehead atoms. The third-order valence-electron chi connectivity index (χ3n) is 4.83. The van der Waals surface area contributed by atoms with Gasteiger partial charge in [-0.3, -0.25) is 0 Å². The van der Waals surface area contributed by atoms with Gasteiger partial charge < -0.3 is 5.32 Å². The van der Waals surface area contributed by atoms with Gasteiger partial charge in [0.15, 0.2) is 0 Å². The molecule has 1 saturated carbocycles. The first-order valence-corrected chi connectivity index (χ1v) is 8.28. The van der Waals surface area contributed by atoms with Crippen LogP contribution in [0.4, 0.5) is 0 Å². The van der Waals surface area contributed by atoms with E-state index >= 15 is 0 Å². The SMILES string of the molecule is C=CCC1([NH2+][C@@H](C)c2ccccc2)CCCCCCC1. The summed E-state index contributed by atoms with van der Waals surface area (Å²) in [4.78, 5) is 0. The molecule has 1 heteroatoms. The second-order valence-electron chi connectivity index (χ2n) is 6.49. The fraction of sp³-hybridized carbons (Fsp3) is 0.579. The molecule has 0 spiro atoms. The fourth-order valence-corrected chi connectivity index (χ4v) is 3.72. The fourth-order valence-electron chi connectivity index (χ4n) is 3.72. The van der Waals surface area contributed by atoms with Crippen LogP contribution >= 0.6 is 0 Å². The van der Waals surface area contributed by atoms with Gasteiger partial charge in [0.2, 0.25) is 0 Å². The molecular weight excluding hydrogens is 242 g/mol. The zero-order chi connectivity index (χ0) is 14.3. The highest BCUT2D eigenvalue weighted by atomic mass is 15.0. The first kappa shape index (κ1) is 15.3. The standard InChI is InChI=1S/C19H29N/c1-3-14-19(15-10-5-4-6-11-16-19)20-17(2)18-12-8-7-9-13-18/h3,7-9,12-13,17,20H,1,4-6,10-11,14-16H2,2H3/p+1/t17-/m0/s1. The van der Waals surface area contributed by atoms with Gasteiger partial charge in [0.25, 0.3) is 0 Å². The van der Waals surface area contributed by atoms with Crippen LogP contribution in [0.25, 0.3) is 0 Å². The van der Waals surface area contributed by atoms with Crippen LogP contribution in [0.15, 0.2) is 43.0 Å². The number of benzene rings is 1. The zero-order valence-corrected chi connectivity index (χ0v) is 13.0. The normalized spacial score (nSPS) is 20.6. The van der Waals surface area contributed by atoms with Gasteiger partial charge in [0.1, 0.15) is 11.6 Å². The topological polar surface area (TPSA) is 16.6 Å². The number of rotatable bonds is 5. The van der Waals surface area contributed by atoms with Crippen LogP contribution in [0.5, 0.6) is 0 Å². The molecular formula is C19H30N+. The molecule has 1 aromatic rings. The van der Waals surface area contributed by atoms with Crippen molar-refractivity contribution in [2.24, 2.45) is 0 Å².